The summed E-state index contributed by atoms with van der Waals surface area (Å²) in [7, 11) is 1.98. The highest BCUT2D eigenvalue weighted by Gasteiger charge is 2.22. The summed E-state index contributed by atoms with van der Waals surface area (Å²) in [6.07, 6.45) is 6.27. The number of rotatable bonds is 10. The van der Waals surface area contributed by atoms with Gasteiger partial charge in [0, 0.05) is 69.4 Å². The van der Waals surface area contributed by atoms with Crippen molar-refractivity contribution >= 4 is 49.4 Å². The summed E-state index contributed by atoms with van der Waals surface area (Å²) >= 11 is 1.71. The van der Waals surface area contributed by atoms with Gasteiger partial charge < -0.3 is 20.5 Å². The number of pyridine rings is 1. The van der Waals surface area contributed by atoms with Crippen molar-refractivity contribution in [3.8, 4) is 11.1 Å². The van der Waals surface area contributed by atoms with Crippen LogP contribution in [0.5, 0.6) is 0 Å². The summed E-state index contributed by atoms with van der Waals surface area (Å²) in [6.45, 7) is 9.30. The number of fused-ring (bicyclic) bond motifs is 3. The number of aromatic nitrogens is 1. The first kappa shape index (κ1) is 28.3. The van der Waals surface area contributed by atoms with Crippen LogP contribution < -0.4 is 16.5 Å². The molecule has 39 heavy (non-hydrogen) atoms. The van der Waals surface area contributed by atoms with E-state index in [1.807, 2.05) is 42.1 Å². The highest BCUT2D eigenvalue weighted by Crippen LogP contribution is 2.40. The zero-order chi connectivity index (χ0) is 28.2. The average molecular weight is 544 g/mol. The quantitative estimate of drug-likeness (QED) is 0.195. The lowest BCUT2D eigenvalue weighted by molar-refractivity contribution is -0.120. The number of anilines is 1. The van der Waals surface area contributed by atoms with Gasteiger partial charge in [0.15, 0.2) is 0 Å². The largest absolute Gasteiger partial charge is 0.356 e. The van der Waals surface area contributed by atoms with Gasteiger partial charge in [-0.25, -0.2) is 4.99 Å². The minimum Gasteiger partial charge on any atom is -0.356 e. The van der Waals surface area contributed by atoms with Crippen LogP contribution in [0.15, 0.2) is 71.6 Å². The Morgan fingerprint density at radius 2 is 1.79 bits per heavy atom. The molecule has 1 amide bonds. The molecule has 2 aromatic heterocycles. The molecule has 0 aliphatic carbocycles. The van der Waals surface area contributed by atoms with E-state index in [9.17, 15) is 9.59 Å². The maximum Gasteiger partial charge on any atom is 0.243 e. The molecule has 0 fully saturated rings. The van der Waals surface area contributed by atoms with Crippen LogP contribution >= 0.6 is 11.3 Å². The first-order chi connectivity index (χ1) is 18.7. The lowest BCUT2D eigenvalue weighted by Gasteiger charge is -2.23. The Morgan fingerprint density at radius 3 is 2.46 bits per heavy atom. The Kier molecular flexibility index (Phi) is 8.67. The number of amides is 1. The fourth-order valence-corrected chi connectivity index (χ4v) is 5.81. The standard InChI is InChI=1S/C31H37N5O2S/c1-6-16-36(17-7-2)27(15-19-37)34-29-24(12-9-18-35(29)5)22-10-8-11-23-25-20-21(33-30(38)31(3,4)32)13-14-26(25)39-28(22)23/h8-15,18-20H,6-7,16-17,32H2,1-5H3,(H,33,38)/b27-15+,34-29-. The van der Waals surface area contributed by atoms with Gasteiger partial charge in [0.05, 0.1) is 5.54 Å². The van der Waals surface area contributed by atoms with E-state index < -0.39 is 5.54 Å². The number of nitrogens with zero attached hydrogens (tertiary/aromatic N) is 3. The predicted molar refractivity (Wildman–Crippen MR) is 162 cm³/mol. The number of benzene rings is 2. The normalized spacial score (nSPS) is 12.8. The molecule has 0 aliphatic rings. The topological polar surface area (TPSA) is 92.7 Å². The number of thiophene rings is 1. The second kappa shape index (κ2) is 12.0. The van der Waals surface area contributed by atoms with Crippen LogP contribution in [0, 0.1) is 0 Å². The molecular formula is C31H37N5O2S. The second-order valence-electron chi connectivity index (χ2n) is 10.3. The van der Waals surface area contributed by atoms with Crippen LogP contribution in [-0.2, 0) is 16.6 Å². The average Bonchev–Trinajstić information content (AvgIpc) is 3.27. The molecule has 204 valence electrons. The molecule has 0 saturated carbocycles. The van der Waals surface area contributed by atoms with Gasteiger partial charge in [-0.2, -0.15) is 0 Å². The van der Waals surface area contributed by atoms with Crippen molar-refractivity contribution in [2.24, 2.45) is 17.8 Å². The van der Waals surface area contributed by atoms with Crippen molar-refractivity contribution in [3.63, 3.8) is 0 Å². The molecule has 0 spiro atoms. The fourth-order valence-electron chi connectivity index (χ4n) is 4.60. The van der Waals surface area contributed by atoms with E-state index in [4.69, 9.17) is 10.7 Å². The van der Waals surface area contributed by atoms with Gasteiger partial charge in [0.1, 0.15) is 17.6 Å². The molecule has 0 bridgehead atoms. The highest BCUT2D eigenvalue weighted by atomic mass is 32.1. The molecule has 0 saturated heterocycles. The third-order valence-corrected chi connectivity index (χ3v) is 7.75. The minimum absolute atomic E-state index is 0.232. The van der Waals surface area contributed by atoms with Crippen LogP contribution in [-0.4, -0.2) is 40.3 Å². The number of aryl methyl sites for hydroxylation is 1. The third-order valence-electron chi connectivity index (χ3n) is 6.53. The summed E-state index contributed by atoms with van der Waals surface area (Å²) in [5, 5.41) is 5.12. The van der Waals surface area contributed by atoms with E-state index >= 15 is 0 Å². The molecule has 0 radical (unpaired) electrons. The molecule has 0 unspecified atom stereocenters. The Hall–Kier alpha value is -3.75. The van der Waals surface area contributed by atoms with Gasteiger partial charge in [-0.3, -0.25) is 9.59 Å². The first-order valence-corrected chi connectivity index (χ1v) is 14.2. The molecule has 4 rings (SSSR count). The first-order valence-electron chi connectivity index (χ1n) is 13.3. The molecule has 8 heteroatoms. The molecule has 7 nitrogen and oxygen atoms in total. The Labute approximate surface area is 233 Å². The van der Waals surface area contributed by atoms with E-state index in [1.54, 1.807) is 31.3 Å². The van der Waals surface area contributed by atoms with Crippen molar-refractivity contribution in [2.75, 3.05) is 18.4 Å². The van der Waals surface area contributed by atoms with Gasteiger partial charge >= 0.3 is 0 Å². The van der Waals surface area contributed by atoms with Crippen LogP contribution in [0.2, 0.25) is 0 Å². The van der Waals surface area contributed by atoms with Gasteiger partial charge in [-0.05, 0) is 57.0 Å². The summed E-state index contributed by atoms with van der Waals surface area (Å²) in [5.74, 6) is 0.438. The number of hydrogen-bond donors (Lipinski definition) is 2. The van der Waals surface area contributed by atoms with Crippen LogP contribution in [0.4, 0.5) is 5.69 Å². The number of aldehydes is 1. The monoisotopic (exact) mass is 543 g/mol. The van der Waals surface area contributed by atoms with Crippen LogP contribution in [0.1, 0.15) is 40.5 Å². The lowest BCUT2D eigenvalue weighted by atomic mass is 10.0. The molecule has 4 aromatic rings. The van der Waals surface area contributed by atoms with E-state index in [0.717, 1.165) is 69.0 Å². The van der Waals surface area contributed by atoms with E-state index in [0.29, 0.717) is 11.5 Å². The smallest absolute Gasteiger partial charge is 0.243 e. The summed E-state index contributed by atoms with van der Waals surface area (Å²) in [5.41, 5.74) is 8.56. The number of carbonyl (C=O) groups excluding carboxylic acids is 2. The number of allylic oxidation sites excluding steroid dienone is 1. The number of carbonyl (C=O) groups is 2. The van der Waals surface area contributed by atoms with Gasteiger partial charge in [-0.1, -0.05) is 32.0 Å². The summed E-state index contributed by atoms with van der Waals surface area (Å²) in [6, 6.07) is 16.3. The number of nitrogens with two attached hydrogens (primary N) is 1. The van der Waals surface area contributed by atoms with Crippen molar-refractivity contribution < 1.29 is 9.59 Å². The molecular weight excluding hydrogens is 506 g/mol. The van der Waals surface area contributed by atoms with Crippen molar-refractivity contribution in [1.82, 2.24) is 9.47 Å². The van der Waals surface area contributed by atoms with Crippen LogP contribution in [0.25, 0.3) is 31.3 Å². The summed E-state index contributed by atoms with van der Waals surface area (Å²) < 4.78 is 4.26. The molecule has 3 N–H and O–H groups in total. The maximum absolute atomic E-state index is 12.5. The zero-order valence-corrected chi connectivity index (χ0v) is 24.1. The van der Waals surface area contributed by atoms with Crippen molar-refractivity contribution in [3.05, 3.63) is 72.1 Å². The van der Waals surface area contributed by atoms with Gasteiger partial charge in [0.2, 0.25) is 5.91 Å². The Morgan fingerprint density at radius 1 is 1.08 bits per heavy atom. The Balaban J connectivity index is 1.89. The molecule has 2 aromatic carbocycles. The molecule has 0 atom stereocenters. The lowest BCUT2D eigenvalue weighted by Crippen LogP contribution is -2.45. The molecule has 0 aliphatic heterocycles. The Bertz CT molecular complexity index is 1600. The third kappa shape index (κ3) is 6.13. The van der Waals surface area contributed by atoms with Crippen molar-refractivity contribution in [1.29, 1.82) is 0 Å². The van der Waals surface area contributed by atoms with E-state index in [2.05, 4.69) is 48.3 Å². The van der Waals surface area contributed by atoms with Gasteiger partial charge in [0.25, 0.3) is 0 Å². The van der Waals surface area contributed by atoms with Crippen LogP contribution in [0.3, 0.4) is 0 Å². The van der Waals surface area contributed by atoms with Crippen molar-refractivity contribution in [2.45, 2.75) is 46.1 Å². The zero-order valence-electron chi connectivity index (χ0n) is 23.3. The van der Waals surface area contributed by atoms with E-state index in [-0.39, 0.29) is 5.91 Å². The predicted octanol–water partition coefficient (Wildman–Crippen LogP) is 5.80. The molecule has 2 heterocycles. The number of hydrogen-bond acceptors (Lipinski definition) is 6. The minimum atomic E-state index is -0.970. The highest BCUT2D eigenvalue weighted by molar-refractivity contribution is 7.26. The number of nitrogens with one attached hydrogen (secondary N) is 1. The van der Waals surface area contributed by atoms with Gasteiger partial charge in [-0.15, -0.1) is 11.3 Å². The van der Waals surface area contributed by atoms with E-state index in [1.165, 1.54) is 0 Å². The maximum atomic E-state index is 12.5. The second-order valence-corrected chi connectivity index (χ2v) is 11.3. The fraction of sp³-hybridized carbons (Fsp3) is 0.323. The summed E-state index contributed by atoms with van der Waals surface area (Å²) in [4.78, 5) is 31.3. The SMILES string of the molecule is CCCN(CCC)C(=C/C=O)/N=c1/c(-c2cccc3c2sc2ccc(NC(=O)C(C)(C)N)cc23)cccn1C.